The molecule has 0 N–H and O–H groups in total. The number of ether oxygens (including phenoxy) is 2. The van der Waals surface area contributed by atoms with Crippen LogP contribution in [0, 0.1) is 12.3 Å². The lowest BCUT2D eigenvalue weighted by molar-refractivity contribution is -0.232. The summed E-state index contributed by atoms with van der Waals surface area (Å²) >= 11 is 0. The molecule has 0 aromatic carbocycles. The zero-order valence-corrected chi connectivity index (χ0v) is 13.4. The van der Waals surface area contributed by atoms with Gasteiger partial charge in [0.2, 0.25) is 5.79 Å². The summed E-state index contributed by atoms with van der Waals surface area (Å²) in [5.74, 6) is -0.874. The summed E-state index contributed by atoms with van der Waals surface area (Å²) in [6.45, 7) is 8.85. The monoisotopic (exact) mass is 299 g/mol. The molecular weight excluding hydrogens is 278 g/mol. The molecule has 0 atom stereocenters. The number of nitrogens with zero attached hydrogens (tertiary/aromatic N) is 1. The first-order valence-corrected chi connectivity index (χ1v) is 8.42. The van der Waals surface area contributed by atoms with Crippen LogP contribution in [-0.4, -0.2) is 32.9 Å². The average molecular weight is 299 g/mol. The van der Waals surface area contributed by atoms with Crippen LogP contribution in [-0.2, 0) is 25.1 Å². The van der Waals surface area contributed by atoms with Crippen LogP contribution < -0.4 is 0 Å². The van der Waals surface area contributed by atoms with Crippen molar-refractivity contribution in [1.29, 1.82) is 0 Å². The molecule has 1 aliphatic heterocycles. The van der Waals surface area contributed by atoms with E-state index in [0.717, 1.165) is 11.8 Å². The summed E-state index contributed by atoms with van der Waals surface area (Å²) in [5.41, 5.74) is 1.07. The maximum absolute atomic E-state index is 11.6. The summed E-state index contributed by atoms with van der Waals surface area (Å²) in [6.07, 6.45) is 2.70. The minimum Gasteiger partial charge on any atom is -0.343 e. The molecule has 0 radical (unpaired) electrons. The van der Waals surface area contributed by atoms with E-state index in [1.807, 2.05) is 20.8 Å². The van der Waals surface area contributed by atoms with Crippen LogP contribution in [0.2, 0.25) is 0 Å². The maximum Gasteiger partial charge on any atom is 0.201 e. The van der Waals surface area contributed by atoms with Crippen LogP contribution >= 0.6 is 0 Å². The van der Waals surface area contributed by atoms with Gasteiger partial charge in [0.1, 0.15) is 0 Å². The molecule has 20 heavy (non-hydrogen) atoms. The fourth-order valence-corrected chi connectivity index (χ4v) is 3.46. The quantitative estimate of drug-likeness (QED) is 0.836. The van der Waals surface area contributed by atoms with Crippen LogP contribution in [0.3, 0.4) is 0 Å². The van der Waals surface area contributed by atoms with Crippen molar-refractivity contribution >= 4 is 9.84 Å². The summed E-state index contributed by atoms with van der Waals surface area (Å²) in [4.78, 5) is 4.10. The van der Waals surface area contributed by atoms with Gasteiger partial charge in [-0.3, -0.25) is 0 Å². The summed E-state index contributed by atoms with van der Waals surface area (Å²) in [5, 5.41) is 0.100. The van der Waals surface area contributed by atoms with Gasteiger partial charge in [-0.25, -0.2) is 13.4 Å². The molecule has 1 aromatic heterocycles. The third-order valence-electron chi connectivity index (χ3n) is 3.44. The molecule has 0 bridgehead atoms. The van der Waals surface area contributed by atoms with Gasteiger partial charge in [0.15, 0.2) is 14.9 Å². The first-order valence-electron chi connectivity index (χ1n) is 6.53. The van der Waals surface area contributed by atoms with Gasteiger partial charge in [-0.2, -0.15) is 0 Å². The number of hydrogen-bond donors (Lipinski definition) is 0. The lowest BCUT2D eigenvalue weighted by atomic mass is 9.81. The molecule has 1 fully saturated rings. The zero-order chi connectivity index (χ0) is 15.2. The second-order valence-electron chi connectivity index (χ2n) is 6.18. The summed E-state index contributed by atoms with van der Waals surface area (Å²) in [7, 11) is -3.32. The summed E-state index contributed by atoms with van der Waals surface area (Å²) < 4.78 is 35.0. The Hall–Kier alpha value is -0.980. The maximum atomic E-state index is 11.6. The van der Waals surface area contributed by atoms with Crippen LogP contribution in [0.25, 0.3) is 0 Å². The van der Waals surface area contributed by atoms with Crippen molar-refractivity contribution in [2.75, 3.05) is 19.5 Å². The van der Waals surface area contributed by atoms with Crippen LogP contribution in [0.1, 0.15) is 31.9 Å². The highest BCUT2D eigenvalue weighted by Crippen LogP contribution is 2.46. The van der Waals surface area contributed by atoms with Crippen LogP contribution in [0.5, 0.6) is 0 Å². The lowest BCUT2D eigenvalue weighted by Crippen LogP contribution is -2.41. The van der Waals surface area contributed by atoms with Crippen molar-refractivity contribution in [3.63, 3.8) is 0 Å². The predicted molar refractivity (Wildman–Crippen MR) is 75.1 cm³/mol. The molecule has 0 aliphatic carbocycles. The van der Waals surface area contributed by atoms with Crippen molar-refractivity contribution in [2.45, 2.75) is 38.5 Å². The smallest absolute Gasteiger partial charge is 0.201 e. The normalized spacial score (nSPS) is 19.2. The van der Waals surface area contributed by atoms with Crippen LogP contribution in [0.15, 0.2) is 17.3 Å². The van der Waals surface area contributed by atoms with Gasteiger partial charge in [-0.05, 0) is 18.6 Å². The molecule has 0 spiro atoms. The third-order valence-corrected chi connectivity index (χ3v) is 4.57. The van der Waals surface area contributed by atoms with E-state index >= 15 is 0 Å². The topological polar surface area (TPSA) is 65.5 Å². The molecule has 0 amide bonds. The average Bonchev–Trinajstić information content (AvgIpc) is 2.76. The van der Waals surface area contributed by atoms with E-state index in [2.05, 4.69) is 4.98 Å². The standard InChI is InChI=1S/C14H21NO4S/c1-10-8-11(9-15-12(10)20(5,16)17)14(13(2,3)4)18-6-7-19-14/h8-9H,6-7H2,1-5H3. The van der Waals surface area contributed by atoms with E-state index in [1.165, 1.54) is 0 Å². The van der Waals surface area contributed by atoms with Crippen molar-refractivity contribution in [2.24, 2.45) is 5.41 Å². The van der Waals surface area contributed by atoms with Gasteiger partial charge < -0.3 is 9.47 Å². The Kier molecular flexibility index (Phi) is 3.69. The van der Waals surface area contributed by atoms with E-state index in [-0.39, 0.29) is 10.4 Å². The van der Waals surface area contributed by atoms with E-state index < -0.39 is 15.6 Å². The van der Waals surface area contributed by atoms with E-state index in [4.69, 9.17) is 9.47 Å². The first kappa shape index (κ1) is 15.4. The molecular formula is C14H21NO4S. The van der Waals surface area contributed by atoms with Crippen molar-refractivity contribution in [1.82, 2.24) is 4.98 Å². The van der Waals surface area contributed by atoms with Gasteiger partial charge in [-0.15, -0.1) is 0 Å². The molecule has 1 aliphatic rings. The van der Waals surface area contributed by atoms with Gasteiger partial charge >= 0.3 is 0 Å². The highest BCUT2D eigenvalue weighted by molar-refractivity contribution is 7.90. The molecule has 1 saturated heterocycles. The van der Waals surface area contributed by atoms with Gasteiger partial charge in [0.05, 0.1) is 13.2 Å². The van der Waals surface area contributed by atoms with E-state index in [1.54, 1.807) is 19.2 Å². The van der Waals surface area contributed by atoms with Gasteiger partial charge in [0.25, 0.3) is 0 Å². The minimum atomic E-state index is -3.32. The summed E-state index contributed by atoms with van der Waals surface area (Å²) in [6, 6.07) is 1.79. The molecule has 2 rings (SSSR count). The highest BCUT2D eigenvalue weighted by Gasteiger charge is 2.49. The Morgan fingerprint density at radius 2 is 1.80 bits per heavy atom. The van der Waals surface area contributed by atoms with Crippen LogP contribution in [0.4, 0.5) is 0 Å². The molecule has 1 aromatic rings. The fraction of sp³-hybridized carbons (Fsp3) is 0.643. The predicted octanol–water partition coefficient (Wildman–Crippen LogP) is 2.04. The Morgan fingerprint density at radius 1 is 1.25 bits per heavy atom. The molecule has 112 valence electrons. The number of rotatable bonds is 2. The largest absolute Gasteiger partial charge is 0.343 e. The Bertz CT molecular complexity index is 611. The SMILES string of the molecule is Cc1cc(C2(C(C)(C)C)OCCO2)cnc1S(C)(=O)=O. The number of aromatic nitrogens is 1. The highest BCUT2D eigenvalue weighted by atomic mass is 32.2. The van der Waals surface area contributed by atoms with Crippen molar-refractivity contribution < 1.29 is 17.9 Å². The zero-order valence-electron chi connectivity index (χ0n) is 12.6. The second kappa shape index (κ2) is 4.79. The van der Waals surface area contributed by atoms with E-state index in [9.17, 15) is 8.42 Å². The molecule has 2 heterocycles. The van der Waals surface area contributed by atoms with E-state index in [0.29, 0.717) is 18.8 Å². The first-order chi connectivity index (χ1) is 9.08. The van der Waals surface area contributed by atoms with Crippen molar-refractivity contribution in [3.8, 4) is 0 Å². The number of pyridine rings is 1. The Balaban J connectivity index is 2.56. The molecule has 6 heteroatoms. The molecule has 0 unspecified atom stereocenters. The number of sulfone groups is 1. The van der Waals surface area contributed by atoms with Gasteiger partial charge in [0, 0.05) is 23.4 Å². The Morgan fingerprint density at radius 3 is 2.20 bits per heavy atom. The lowest BCUT2D eigenvalue weighted by Gasteiger charge is -2.39. The fourth-order valence-electron chi connectivity index (χ4n) is 2.58. The minimum absolute atomic E-state index is 0.100. The number of aryl methyl sites for hydroxylation is 1. The third kappa shape index (κ3) is 2.47. The molecule has 0 saturated carbocycles. The molecule has 5 nitrogen and oxygen atoms in total. The Labute approximate surface area is 120 Å². The number of hydrogen-bond acceptors (Lipinski definition) is 5. The second-order valence-corrected chi connectivity index (χ2v) is 8.11. The van der Waals surface area contributed by atoms with Gasteiger partial charge in [-0.1, -0.05) is 20.8 Å². The van der Waals surface area contributed by atoms with Crippen molar-refractivity contribution in [3.05, 3.63) is 23.4 Å².